The minimum atomic E-state index is 0.403. The molecule has 1 aliphatic heterocycles. The Morgan fingerprint density at radius 2 is 1.94 bits per heavy atom. The molecule has 4 aromatic heterocycles. The summed E-state index contributed by atoms with van der Waals surface area (Å²) in [5.74, 6) is 2.77. The average molecular weight is 521 g/mol. The predicted octanol–water partition coefficient (Wildman–Crippen LogP) is 5.66. The molecule has 1 fully saturated rings. The number of hydrogen-bond acceptors (Lipinski definition) is 8. The first-order valence-corrected chi connectivity index (χ1v) is 12.9. The molecule has 0 aliphatic carbocycles. The summed E-state index contributed by atoms with van der Waals surface area (Å²) in [6, 6.07) is 13.7. The highest BCUT2D eigenvalue weighted by Gasteiger charge is 2.19. The van der Waals surface area contributed by atoms with Gasteiger partial charge < -0.3 is 24.8 Å². The van der Waals surface area contributed by atoms with Crippen molar-refractivity contribution in [2.24, 2.45) is 0 Å². The van der Waals surface area contributed by atoms with E-state index >= 15 is 0 Å². The van der Waals surface area contributed by atoms with E-state index < -0.39 is 0 Å². The summed E-state index contributed by atoms with van der Waals surface area (Å²) in [6.45, 7) is 5.66. The van der Waals surface area contributed by atoms with Crippen molar-refractivity contribution in [2.75, 3.05) is 43.4 Å². The molecule has 3 N–H and O–H groups in total. The summed E-state index contributed by atoms with van der Waals surface area (Å²) in [7, 11) is 2.13. The van der Waals surface area contributed by atoms with Crippen LogP contribution in [0.25, 0.3) is 21.5 Å². The first-order chi connectivity index (χ1) is 17.5. The van der Waals surface area contributed by atoms with E-state index in [1.54, 1.807) is 11.3 Å². The summed E-state index contributed by atoms with van der Waals surface area (Å²) < 4.78 is 6.22. The second kappa shape index (κ2) is 9.45. The molecule has 9 nitrogen and oxygen atoms in total. The van der Waals surface area contributed by atoms with E-state index in [2.05, 4.69) is 42.3 Å². The number of likely N-dealkylation sites (N-methyl/N-ethyl adjacent to an activating group) is 1. The van der Waals surface area contributed by atoms with Crippen molar-refractivity contribution >= 4 is 51.4 Å². The van der Waals surface area contributed by atoms with Gasteiger partial charge in [0, 0.05) is 54.9 Å². The molecule has 0 bridgehead atoms. The Hall–Kier alpha value is -3.60. The minimum absolute atomic E-state index is 0.403. The maximum atomic E-state index is 6.70. The number of ether oxygens (including phenoxy) is 1. The average Bonchev–Trinajstić information content (AvgIpc) is 3.62. The van der Waals surface area contributed by atoms with Gasteiger partial charge in [0.1, 0.15) is 11.6 Å². The number of rotatable bonds is 6. The molecule has 0 atom stereocenters. The van der Waals surface area contributed by atoms with Crippen molar-refractivity contribution in [1.29, 1.82) is 0 Å². The van der Waals surface area contributed by atoms with E-state index in [1.807, 2.05) is 54.8 Å². The van der Waals surface area contributed by atoms with Crippen LogP contribution < -0.4 is 15.0 Å². The summed E-state index contributed by atoms with van der Waals surface area (Å²) in [5, 5.41) is 14.2. The lowest BCUT2D eigenvalue weighted by molar-refractivity contribution is 0.312. The normalized spacial score (nSPS) is 14.5. The van der Waals surface area contributed by atoms with Crippen LogP contribution in [0.1, 0.15) is 5.69 Å². The second-order valence-corrected chi connectivity index (χ2v) is 10.2. The first-order valence-electron chi connectivity index (χ1n) is 11.7. The molecule has 36 heavy (non-hydrogen) atoms. The summed E-state index contributed by atoms with van der Waals surface area (Å²) >= 11 is 8.35. The summed E-state index contributed by atoms with van der Waals surface area (Å²) in [5.41, 5.74) is 2.94. The van der Waals surface area contributed by atoms with Gasteiger partial charge in [-0.3, -0.25) is 5.10 Å². The fourth-order valence-electron chi connectivity index (χ4n) is 4.26. The van der Waals surface area contributed by atoms with Crippen molar-refractivity contribution in [3.05, 3.63) is 58.6 Å². The number of aromatic nitrogens is 5. The Kier molecular flexibility index (Phi) is 6.00. The summed E-state index contributed by atoms with van der Waals surface area (Å²) in [6.07, 6.45) is 0. The van der Waals surface area contributed by atoms with Gasteiger partial charge in [-0.2, -0.15) is 15.1 Å². The van der Waals surface area contributed by atoms with Crippen LogP contribution in [0.15, 0.2) is 47.8 Å². The van der Waals surface area contributed by atoms with Crippen LogP contribution >= 0.6 is 22.9 Å². The zero-order valence-electron chi connectivity index (χ0n) is 19.9. The smallest absolute Gasteiger partial charge is 0.233 e. The fourth-order valence-corrected chi connectivity index (χ4v) is 5.21. The van der Waals surface area contributed by atoms with Gasteiger partial charge in [0.2, 0.25) is 11.8 Å². The van der Waals surface area contributed by atoms with Gasteiger partial charge in [0.05, 0.1) is 15.6 Å². The zero-order chi connectivity index (χ0) is 24.6. The largest absolute Gasteiger partial charge is 0.437 e. The topological polar surface area (TPSA) is 98.0 Å². The molecule has 5 heterocycles. The standard InChI is InChI=1S/C25H25ClN8OS/c1-15-12-16-17(27-15)5-6-19(24(16)26)35-23-14-22(34-9-7-33(2)8-10-34)29-25(30-23)28-21-13-18(31-32-21)20-4-3-11-36-20/h3-6,11-14,27H,7-10H2,1-2H3,(H2,28,29,30,31,32). The number of fused-ring (bicyclic) bond motifs is 1. The number of piperazine rings is 1. The van der Waals surface area contributed by atoms with Crippen LogP contribution in [-0.4, -0.2) is 63.3 Å². The van der Waals surface area contributed by atoms with Crippen molar-refractivity contribution in [2.45, 2.75) is 6.92 Å². The fraction of sp³-hybridized carbons (Fsp3) is 0.240. The molecule has 0 unspecified atom stereocenters. The lowest BCUT2D eigenvalue weighted by atomic mass is 10.2. The number of thiophene rings is 1. The molecule has 1 aliphatic rings. The summed E-state index contributed by atoms with van der Waals surface area (Å²) in [4.78, 5) is 18.4. The number of anilines is 3. The SMILES string of the molecule is Cc1cc2c(Cl)c(Oc3cc(N4CCN(C)CC4)nc(Nc4cc(-c5cccs5)[nH]n4)n3)ccc2[nH]1. The van der Waals surface area contributed by atoms with E-state index in [1.165, 1.54) is 0 Å². The van der Waals surface area contributed by atoms with Crippen LogP contribution in [0.5, 0.6) is 11.6 Å². The lowest BCUT2D eigenvalue weighted by Gasteiger charge is -2.33. The van der Waals surface area contributed by atoms with E-state index in [4.69, 9.17) is 21.3 Å². The highest BCUT2D eigenvalue weighted by atomic mass is 35.5. The number of benzene rings is 1. The lowest BCUT2D eigenvalue weighted by Crippen LogP contribution is -2.44. The second-order valence-electron chi connectivity index (χ2n) is 8.84. The van der Waals surface area contributed by atoms with E-state index in [0.29, 0.717) is 28.4 Å². The number of aromatic amines is 2. The Morgan fingerprint density at radius 3 is 2.75 bits per heavy atom. The maximum Gasteiger partial charge on any atom is 0.233 e. The quantitative estimate of drug-likeness (QED) is 0.266. The maximum absolute atomic E-state index is 6.70. The van der Waals surface area contributed by atoms with E-state index in [9.17, 15) is 0 Å². The third-order valence-electron chi connectivity index (χ3n) is 6.17. The third-order valence-corrected chi connectivity index (χ3v) is 7.47. The molecule has 0 amide bonds. The van der Waals surface area contributed by atoms with Crippen LogP contribution in [-0.2, 0) is 0 Å². The third kappa shape index (κ3) is 4.62. The predicted molar refractivity (Wildman–Crippen MR) is 145 cm³/mol. The molecule has 0 saturated carbocycles. The van der Waals surface area contributed by atoms with E-state index in [0.717, 1.165) is 59.2 Å². The number of halogens is 1. The molecule has 5 aromatic rings. The Morgan fingerprint density at radius 1 is 1.08 bits per heavy atom. The van der Waals surface area contributed by atoms with Gasteiger partial charge in [-0.05, 0) is 43.6 Å². The van der Waals surface area contributed by atoms with Gasteiger partial charge in [-0.15, -0.1) is 11.3 Å². The molecule has 0 spiro atoms. The number of nitrogens with zero attached hydrogens (tertiary/aromatic N) is 5. The minimum Gasteiger partial charge on any atom is -0.437 e. The molecule has 6 rings (SSSR count). The number of aryl methyl sites for hydroxylation is 1. The molecule has 184 valence electrons. The van der Waals surface area contributed by atoms with Gasteiger partial charge in [0.15, 0.2) is 5.82 Å². The number of hydrogen-bond donors (Lipinski definition) is 3. The first kappa shape index (κ1) is 22.8. The Balaban J connectivity index is 1.33. The van der Waals surface area contributed by atoms with Crippen LogP contribution in [0.4, 0.5) is 17.6 Å². The van der Waals surface area contributed by atoms with E-state index in [-0.39, 0.29) is 0 Å². The van der Waals surface area contributed by atoms with Crippen molar-refractivity contribution in [3.63, 3.8) is 0 Å². The molecule has 1 aromatic carbocycles. The number of nitrogens with one attached hydrogen (secondary N) is 3. The zero-order valence-corrected chi connectivity index (χ0v) is 21.5. The number of H-pyrrole nitrogens is 2. The van der Waals surface area contributed by atoms with Gasteiger partial charge in [-0.1, -0.05) is 17.7 Å². The molecule has 1 saturated heterocycles. The highest BCUT2D eigenvalue weighted by molar-refractivity contribution is 7.13. The van der Waals surface area contributed by atoms with Gasteiger partial charge >= 0.3 is 0 Å². The van der Waals surface area contributed by atoms with Gasteiger partial charge in [-0.25, -0.2) is 0 Å². The van der Waals surface area contributed by atoms with Gasteiger partial charge in [0.25, 0.3) is 0 Å². The molecular formula is C25H25ClN8OS. The van der Waals surface area contributed by atoms with Crippen molar-refractivity contribution in [3.8, 4) is 22.2 Å². The van der Waals surface area contributed by atoms with Crippen molar-refractivity contribution < 1.29 is 4.74 Å². The van der Waals surface area contributed by atoms with Crippen LogP contribution in [0.3, 0.4) is 0 Å². The monoisotopic (exact) mass is 520 g/mol. The molecule has 0 radical (unpaired) electrons. The van der Waals surface area contributed by atoms with Crippen molar-refractivity contribution in [1.82, 2.24) is 30.0 Å². The van der Waals surface area contributed by atoms with Crippen LogP contribution in [0.2, 0.25) is 5.02 Å². The Labute approximate surface area is 217 Å². The van der Waals surface area contributed by atoms with Crippen LogP contribution in [0, 0.1) is 6.92 Å². The molecular weight excluding hydrogens is 496 g/mol. The Bertz CT molecular complexity index is 1500. The molecule has 11 heteroatoms. The highest BCUT2D eigenvalue weighted by Crippen LogP contribution is 2.36.